The Labute approximate surface area is 150 Å². The third-order valence-corrected chi connectivity index (χ3v) is 4.09. The van der Waals surface area contributed by atoms with E-state index >= 15 is 0 Å². The highest BCUT2D eigenvalue weighted by molar-refractivity contribution is 5.76. The van der Waals surface area contributed by atoms with Crippen molar-refractivity contribution < 1.29 is 9.21 Å². The van der Waals surface area contributed by atoms with Crippen molar-refractivity contribution in [3.8, 4) is 11.5 Å². The quantitative estimate of drug-likeness (QED) is 0.709. The van der Waals surface area contributed by atoms with E-state index in [1.807, 2.05) is 37.3 Å². The molecule has 0 aliphatic heterocycles. The maximum absolute atomic E-state index is 12.1. The van der Waals surface area contributed by atoms with Crippen LogP contribution in [0, 0.1) is 13.8 Å². The summed E-state index contributed by atoms with van der Waals surface area (Å²) in [4.78, 5) is 34.3. The van der Waals surface area contributed by atoms with Crippen LogP contribution in [0.1, 0.15) is 29.1 Å². The van der Waals surface area contributed by atoms with Gasteiger partial charge in [-0.2, -0.15) is 4.98 Å². The molecule has 2 aromatic heterocycles. The van der Waals surface area contributed by atoms with E-state index < -0.39 is 0 Å². The van der Waals surface area contributed by atoms with Gasteiger partial charge in [0.05, 0.1) is 12.2 Å². The fourth-order valence-electron chi connectivity index (χ4n) is 2.74. The highest BCUT2D eigenvalue weighted by Crippen LogP contribution is 2.17. The molecule has 7 nitrogen and oxygen atoms in total. The first-order chi connectivity index (χ1) is 12.5. The van der Waals surface area contributed by atoms with Crippen molar-refractivity contribution in [2.45, 2.75) is 33.2 Å². The summed E-state index contributed by atoms with van der Waals surface area (Å²) in [5.41, 5.74) is 3.49. The van der Waals surface area contributed by atoms with Crippen molar-refractivity contribution in [1.29, 1.82) is 0 Å². The molecular formula is C19H20N4O3. The molecule has 0 aliphatic rings. The number of nitrogens with one attached hydrogen (secondary N) is 2. The molecule has 0 radical (unpaired) electrons. The Morgan fingerprint density at radius 1 is 1.19 bits per heavy atom. The molecule has 7 heteroatoms. The maximum atomic E-state index is 12.1. The second kappa shape index (κ2) is 7.77. The lowest BCUT2D eigenvalue weighted by Gasteiger charge is -2.08. The molecular weight excluding hydrogens is 332 g/mol. The standard InChI is InChI=1S/C19H20N4O3/c1-12-16(13(2)22-19(25)21-12)8-9-17(24)20-10-15-11-26-18(23-15)14-6-4-3-5-7-14/h3-7,11H,8-10H2,1-2H3,(H,20,24)(H,21,22,25). The topological polar surface area (TPSA) is 101 Å². The number of hydrogen-bond acceptors (Lipinski definition) is 5. The van der Waals surface area contributed by atoms with Crippen molar-refractivity contribution >= 4 is 5.91 Å². The van der Waals surface area contributed by atoms with Gasteiger partial charge in [-0.1, -0.05) is 18.2 Å². The van der Waals surface area contributed by atoms with E-state index in [1.165, 1.54) is 0 Å². The molecule has 134 valence electrons. The summed E-state index contributed by atoms with van der Waals surface area (Å²) in [7, 11) is 0. The highest BCUT2D eigenvalue weighted by Gasteiger charge is 2.10. The largest absolute Gasteiger partial charge is 0.444 e. The molecule has 0 bridgehead atoms. The minimum Gasteiger partial charge on any atom is -0.444 e. The molecule has 0 atom stereocenters. The highest BCUT2D eigenvalue weighted by atomic mass is 16.3. The van der Waals surface area contributed by atoms with E-state index in [0.29, 0.717) is 36.7 Å². The van der Waals surface area contributed by atoms with Crippen LogP contribution >= 0.6 is 0 Å². The van der Waals surface area contributed by atoms with Gasteiger partial charge in [0, 0.05) is 23.4 Å². The predicted molar refractivity (Wildman–Crippen MR) is 96.4 cm³/mol. The van der Waals surface area contributed by atoms with Gasteiger partial charge in [-0.25, -0.2) is 9.78 Å². The van der Waals surface area contributed by atoms with E-state index in [1.54, 1.807) is 13.2 Å². The number of H-pyrrole nitrogens is 1. The van der Waals surface area contributed by atoms with Gasteiger partial charge in [0.2, 0.25) is 11.8 Å². The van der Waals surface area contributed by atoms with Crippen molar-refractivity contribution in [3.63, 3.8) is 0 Å². The fourth-order valence-corrected chi connectivity index (χ4v) is 2.74. The molecule has 0 unspecified atom stereocenters. The van der Waals surface area contributed by atoms with E-state index in [2.05, 4.69) is 20.3 Å². The Hall–Kier alpha value is -3.22. The van der Waals surface area contributed by atoms with E-state index in [-0.39, 0.29) is 11.6 Å². The fraction of sp³-hybridized carbons (Fsp3) is 0.263. The number of aromatic amines is 1. The molecule has 1 aromatic carbocycles. The van der Waals surface area contributed by atoms with Gasteiger partial charge in [-0.3, -0.25) is 4.79 Å². The summed E-state index contributed by atoms with van der Waals surface area (Å²) < 4.78 is 5.45. The molecule has 0 spiro atoms. The summed E-state index contributed by atoms with van der Waals surface area (Å²) in [5.74, 6) is 0.430. The first kappa shape index (κ1) is 17.6. The lowest BCUT2D eigenvalue weighted by atomic mass is 10.1. The smallest absolute Gasteiger partial charge is 0.345 e. The average Bonchev–Trinajstić information content (AvgIpc) is 3.09. The van der Waals surface area contributed by atoms with Gasteiger partial charge in [-0.05, 0) is 38.0 Å². The van der Waals surface area contributed by atoms with Crippen molar-refractivity contribution in [2.75, 3.05) is 0 Å². The molecule has 2 heterocycles. The second-order valence-electron chi connectivity index (χ2n) is 6.02. The third kappa shape index (κ3) is 4.24. The normalized spacial score (nSPS) is 10.7. The van der Waals surface area contributed by atoms with Crippen molar-refractivity contribution in [3.05, 3.63) is 69.7 Å². The Bertz CT molecular complexity index is 934. The molecule has 0 aliphatic carbocycles. The first-order valence-corrected chi connectivity index (χ1v) is 8.36. The summed E-state index contributed by atoms with van der Waals surface area (Å²) in [6, 6.07) is 9.58. The van der Waals surface area contributed by atoms with E-state index in [0.717, 1.165) is 16.8 Å². The average molecular weight is 352 g/mol. The summed E-state index contributed by atoms with van der Waals surface area (Å²) >= 11 is 0. The number of oxazole rings is 1. The molecule has 0 saturated heterocycles. The molecule has 26 heavy (non-hydrogen) atoms. The minimum atomic E-state index is -0.367. The Morgan fingerprint density at radius 2 is 1.96 bits per heavy atom. The number of benzene rings is 1. The van der Waals surface area contributed by atoms with Gasteiger partial charge in [0.1, 0.15) is 6.26 Å². The zero-order valence-corrected chi connectivity index (χ0v) is 14.7. The van der Waals surface area contributed by atoms with E-state index in [9.17, 15) is 9.59 Å². The molecule has 3 aromatic rings. The summed E-state index contributed by atoms with van der Waals surface area (Å²) in [5, 5.41) is 2.83. The zero-order valence-electron chi connectivity index (χ0n) is 14.7. The molecule has 0 saturated carbocycles. The number of aryl methyl sites for hydroxylation is 2. The molecule has 0 fully saturated rings. The molecule has 3 rings (SSSR count). The number of nitrogens with zero attached hydrogens (tertiary/aromatic N) is 2. The summed E-state index contributed by atoms with van der Waals surface area (Å²) in [6.45, 7) is 3.89. The SMILES string of the molecule is Cc1nc(=O)[nH]c(C)c1CCC(=O)NCc1coc(-c2ccccc2)n1. The monoisotopic (exact) mass is 352 g/mol. The maximum Gasteiger partial charge on any atom is 0.345 e. The van der Waals surface area contributed by atoms with E-state index in [4.69, 9.17) is 4.42 Å². The minimum absolute atomic E-state index is 0.0979. The number of amides is 1. The number of rotatable bonds is 6. The van der Waals surface area contributed by atoms with Gasteiger partial charge in [0.25, 0.3) is 0 Å². The molecule has 2 N–H and O–H groups in total. The predicted octanol–water partition coefficient (Wildman–Crippen LogP) is 2.29. The third-order valence-electron chi connectivity index (χ3n) is 4.09. The Kier molecular flexibility index (Phi) is 5.26. The number of carbonyl (C=O) groups is 1. The summed E-state index contributed by atoms with van der Waals surface area (Å²) in [6.07, 6.45) is 2.36. The lowest BCUT2D eigenvalue weighted by Crippen LogP contribution is -2.24. The van der Waals surface area contributed by atoms with Crippen LogP contribution in [0.4, 0.5) is 0 Å². The lowest BCUT2D eigenvalue weighted by molar-refractivity contribution is -0.121. The van der Waals surface area contributed by atoms with Crippen LogP contribution in [0.15, 0.2) is 45.8 Å². The van der Waals surface area contributed by atoms with Gasteiger partial charge >= 0.3 is 5.69 Å². The van der Waals surface area contributed by atoms with Crippen LogP contribution < -0.4 is 11.0 Å². The van der Waals surface area contributed by atoms with Crippen LogP contribution in [0.2, 0.25) is 0 Å². The van der Waals surface area contributed by atoms with Crippen LogP contribution in [-0.4, -0.2) is 20.9 Å². The number of hydrogen-bond donors (Lipinski definition) is 2. The second-order valence-corrected chi connectivity index (χ2v) is 6.02. The Balaban J connectivity index is 1.54. The zero-order chi connectivity index (χ0) is 18.5. The molecule has 1 amide bonds. The van der Waals surface area contributed by atoms with Crippen LogP contribution in [0.3, 0.4) is 0 Å². The Morgan fingerprint density at radius 3 is 2.69 bits per heavy atom. The van der Waals surface area contributed by atoms with Crippen LogP contribution in [0.5, 0.6) is 0 Å². The van der Waals surface area contributed by atoms with Crippen LogP contribution in [-0.2, 0) is 17.8 Å². The first-order valence-electron chi connectivity index (χ1n) is 8.36. The van der Waals surface area contributed by atoms with Gasteiger partial charge in [0.15, 0.2) is 0 Å². The van der Waals surface area contributed by atoms with Crippen molar-refractivity contribution in [2.24, 2.45) is 0 Å². The van der Waals surface area contributed by atoms with Gasteiger partial charge < -0.3 is 14.7 Å². The number of carbonyl (C=O) groups excluding carboxylic acids is 1. The number of aromatic nitrogens is 3. The van der Waals surface area contributed by atoms with Crippen LogP contribution in [0.25, 0.3) is 11.5 Å². The van der Waals surface area contributed by atoms with Crippen molar-refractivity contribution in [1.82, 2.24) is 20.3 Å². The van der Waals surface area contributed by atoms with Gasteiger partial charge in [-0.15, -0.1) is 0 Å².